The number of fused-ring (bicyclic) bond motifs is 20. The fourth-order valence-electron chi connectivity index (χ4n) is 12.5. The van der Waals surface area contributed by atoms with Gasteiger partial charge in [0.1, 0.15) is 22.3 Å². The number of furan rings is 2. The molecule has 444 valence electrons. The first-order valence-corrected chi connectivity index (χ1v) is 28.6. The van der Waals surface area contributed by atoms with Crippen LogP contribution in [0, 0.1) is 0 Å². The highest BCUT2D eigenvalue weighted by molar-refractivity contribution is 6.31. The van der Waals surface area contributed by atoms with Crippen molar-refractivity contribution in [2.75, 3.05) is 0 Å². The molecule has 0 saturated carbocycles. The quantitative estimate of drug-likeness (QED) is 0.127. The molecule has 0 aliphatic heterocycles. The summed E-state index contributed by atoms with van der Waals surface area (Å²) >= 11 is 0. The Morgan fingerprint density at radius 1 is 0.177 bits per heavy atom. The third-order valence-corrected chi connectivity index (χ3v) is 16.4. The van der Waals surface area contributed by atoms with Gasteiger partial charge in [0.05, 0.1) is 76.8 Å². The average molecular weight is 1270 g/mol. The van der Waals surface area contributed by atoms with Crippen LogP contribution in [0.25, 0.3) is 207 Å². The lowest BCUT2D eigenvalue weighted by atomic mass is 9.83. The van der Waals surface area contributed by atoms with Gasteiger partial charge in [-0.15, -0.1) is 0 Å². The van der Waals surface area contributed by atoms with Gasteiger partial charge in [0.15, 0.2) is 0 Å². The normalized spacial score (nSPS) is 20.1. The Morgan fingerprint density at radius 2 is 0.458 bits per heavy atom. The molecular formula is C94H56O2. The van der Waals surface area contributed by atoms with Gasteiger partial charge in [0.2, 0.25) is 0 Å². The Hall–Kier alpha value is -12.6. The molecule has 0 fully saturated rings. The van der Waals surface area contributed by atoms with Crippen molar-refractivity contribution in [2.45, 2.75) is 0 Å². The molecule has 96 heavy (non-hydrogen) atoms. The molecule has 0 aliphatic rings. The second-order valence-electron chi connectivity index (χ2n) is 21.3. The average Bonchev–Trinajstić information content (AvgIpc) is 1.15. The standard InChI is InChI=1S/C50H30O.C44H26O/c1-3-17-36-31(12-1)26-27-33-14-10-23-37(46(33)36)34-15-9-16-35(30-34)47-39-19-5-7-21-41(39)48(42-22-8-6-20-40(42)47)43-24-11-25-45-49(43)44-29-28-32-13-2-4-18-38(32)50(44)51-45;1-3-14-30-27(11-1)23-24-29-13-9-20-36(40(29)30)41-32-16-5-7-18-34(32)42(35-19-8-6-17-33(35)41)37-21-10-22-39-43(37)38-26-25-28-12-2-4-15-31(28)44(38)45-39/h1-30H;1-26H/i1D,2D,3D,4D,5D,6D,7D,8D,9D,10D,11D,12D,13D,14D,15D,16D,17D,18D,19D,20D,21D,22D,23D,24D,25D,26D,27D,28D,29D,30D;1D,2D,3D,4D,5D,6D,7D,8D,9D,10D,11D,12D,13D,14D,15D,16D,17D,18D,19D,20D,21D,22D,23D,24D,25D,26D. The number of rotatable bonds is 5. The third-order valence-electron chi connectivity index (χ3n) is 16.4. The van der Waals surface area contributed by atoms with E-state index in [1.165, 1.54) is 0 Å². The molecule has 0 unspecified atom stereocenters. The van der Waals surface area contributed by atoms with E-state index in [0.29, 0.717) is 0 Å². The Kier molecular flexibility index (Phi) is 5.05. The first kappa shape index (κ1) is 22.6. The van der Waals surface area contributed by atoms with Crippen molar-refractivity contribution in [2.24, 2.45) is 0 Å². The molecule has 0 amide bonds. The minimum atomic E-state index is -1.15. The summed E-state index contributed by atoms with van der Waals surface area (Å²) in [6.45, 7) is 0. The van der Waals surface area contributed by atoms with Crippen LogP contribution in [0.2, 0.25) is 0 Å². The van der Waals surface area contributed by atoms with E-state index in [1.54, 1.807) is 0 Å². The predicted octanol–water partition coefficient (Wildman–Crippen LogP) is 27.0. The molecule has 0 N–H and O–H groups in total. The summed E-state index contributed by atoms with van der Waals surface area (Å²) in [5.41, 5.74) is -10.2. The summed E-state index contributed by atoms with van der Waals surface area (Å²) in [6, 6.07) is -52.0. The zero-order valence-electron chi connectivity index (χ0n) is 104. The molecule has 0 bridgehead atoms. The van der Waals surface area contributed by atoms with Gasteiger partial charge in [0.25, 0.3) is 0 Å². The first-order valence-electron chi connectivity index (χ1n) is 56.6. The van der Waals surface area contributed by atoms with E-state index < -0.39 is 546 Å². The molecule has 0 saturated heterocycles. The van der Waals surface area contributed by atoms with Crippen LogP contribution in [0.1, 0.15) is 76.8 Å². The van der Waals surface area contributed by atoms with Gasteiger partial charge in [-0.3, -0.25) is 0 Å². The fraction of sp³-hybridized carbons (Fsp3) is 0. The van der Waals surface area contributed by atoms with Crippen molar-refractivity contribution in [3.63, 3.8) is 0 Å². The molecule has 0 spiro atoms. The molecule has 21 aromatic rings. The molecule has 21 rings (SSSR count). The largest absolute Gasteiger partial charge is 0.455 e. The highest BCUT2D eigenvalue weighted by atomic mass is 16.3. The van der Waals surface area contributed by atoms with Crippen molar-refractivity contribution >= 4 is 152 Å². The predicted molar refractivity (Wildman–Crippen MR) is 410 cm³/mol. The summed E-state index contributed by atoms with van der Waals surface area (Å²) < 4.78 is 521. The van der Waals surface area contributed by atoms with Gasteiger partial charge >= 0.3 is 0 Å². The van der Waals surface area contributed by atoms with Crippen LogP contribution in [0.5, 0.6) is 0 Å². The summed E-state index contributed by atoms with van der Waals surface area (Å²) in [4.78, 5) is 0. The van der Waals surface area contributed by atoms with Crippen LogP contribution in [-0.4, -0.2) is 0 Å². The molecule has 19 aromatic carbocycles. The van der Waals surface area contributed by atoms with E-state index in [9.17, 15) is 24.7 Å². The number of hydrogen-bond acceptors (Lipinski definition) is 2. The summed E-state index contributed by atoms with van der Waals surface area (Å²) in [6.07, 6.45) is 0. The van der Waals surface area contributed by atoms with Crippen molar-refractivity contribution in [3.05, 3.63) is 338 Å². The zero-order valence-corrected chi connectivity index (χ0v) is 47.8. The van der Waals surface area contributed by atoms with Crippen LogP contribution in [0.15, 0.2) is 347 Å². The van der Waals surface area contributed by atoms with Gasteiger partial charge in [0, 0.05) is 32.3 Å². The smallest absolute Gasteiger partial charge is 0.143 e. The maximum absolute atomic E-state index is 10.1. The van der Waals surface area contributed by atoms with Crippen molar-refractivity contribution in [1.82, 2.24) is 0 Å². The zero-order chi connectivity index (χ0) is 112. The number of benzene rings is 19. The van der Waals surface area contributed by atoms with E-state index in [2.05, 4.69) is 0 Å². The minimum absolute atomic E-state index is 0.450. The van der Waals surface area contributed by atoms with E-state index in [4.69, 9.17) is 60.9 Å². The Bertz CT molecular complexity index is 10200. The van der Waals surface area contributed by atoms with Gasteiger partial charge < -0.3 is 8.83 Å². The lowest BCUT2D eigenvalue weighted by molar-refractivity contribution is 0.672. The van der Waals surface area contributed by atoms with Gasteiger partial charge in [-0.05, 0) is 183 Å². The molecule has 2 nitrogen and oxygen atoms in total. The Balaban J connectivity index is 0.000000185. The van der Waals surface area contributed by atoms with Gasteiger partial charge in [-0.25, -0.2) is 0 Å². The van der Waals surface area contributed by atoms with Crippen molar-refractivity contribution in [1.29, 1.82) is 0 Å². The molecule has 0 aliphatic carbocycles. The molecule has 2 heteroatoms. The SMILES string of the molecule is [2H]c1c([2H])c(-c2c3c([2H])c([2H])c([2H])c([2H])c3c(-c3c([2H])c([2H])c([2H])c4c([2H])c([2H])c5c([2H])c([2H])c([2H])c([2H])c5c34)c3c([2H])c([2H])c([2H])c([2H])c23)c2c(oc3c4c([2H])c([2H])c([2H])c([2H])c4c([2H])c([2H])c32)c1[2H].[2H]c1c([2H])c(-c2c3c([2H])c([2H])c([2H])c([2H])c3c(-c3c([2H])c([2H])c([2H])c4oc5c6c([2H])c([2H])c([2H])c([2H])c6c([2H])c([2H])c5c34)c3c([2H])c([2H])c([2H])c([2H])c23)c([2H])c(-c2c([2H])c([2H])c([2H])c3c([2H])c([2H])c4c([2H])c([2H])c([2H])c([2H])c4c23)c1[2H]. The van der Waals surface area contributed by atoms with Crippen LogP contribution >= 0.6 is 0 Å². The Labute approximate surface area is 631 Å². The fourth-order valence-corrected chi connectivity index (χ4v) is 12.5. The van der Waals surface area contributed by atoms with Crippen LogP contribution in [-0.2, 0) is 0 Å². The summed E-state index contributed by atoms with van der Waals surface area (Å²) in [7, 11) is 0. The summed E-state index contributed by atoms with van der Waals surface area (Å²) in [5.74, 6) is 0. The summed E-state index contributed by atoms with van der Waals surface area (Å²) in [5, 5.41) is -15.1. The van der Waals surface area contributed by atoms with Crippen molar-refractivity contribution in [3.8, 4) is 55.6 Å². The van der Waals surface area contributed by atoms with E-state index in [0.717, 1.165) is 0 Å². The van der Waals surface area contributed by atoms with Crippen LogP contribution < -0.4 is 0 Å². The number of hydrogen-bond donors (Lipinski definition) is 0. The first-order chi connectivity index (χ1) is 71.0. The maximum atomic E-state index is 10.1. The topological polar surface area (TPSA) is 26.3 Å². The van der Waals surface area contributed by atoms with Gasteiger partial charge in [-0.1, -0.05) is 308 Å². The molecule has 2 heterocycles. The lowest BCUT2D eigenvalue weighted by Crippen LogP contribution is -1.92. The maximum Gasteiger partial charge on any atom is 0.143 e. The van der Waals surface area contributed by atoms with E-state index >= 15 is 0 Å². The third kappa shape index (κ3) is 8.19. The molecule has 0 atom stereocenters. The monoisotopic (exact) mass is 1270 g/mol. The minimum Gasteiger partial charge on any atom is -0.455 e. The van der Waals surface area contributed by atoms with Gasteiger partial charge in [-0.2, -0.15) is 0 Å². The molecule has 0 radical (unpaired) electrons. The van der Waals surface area contributed by atoms with Crippen LogP contribution in [0.4, 0.5) is 0 Å². The lowest BCUT2D eigenvalue weighted by Gasteiger charge is -2.19. The van der Waals surface area contributed by atoms with Crippen LogP contribution in [0.3, 0.4) is 0 Å². The molecule has 2 aromatic heterocycles. The van der Waals surface area contributed by atoms with E-state index in [1.807, 2.05) is 0 Å². The highest BCUT2D eigenvalue weighted by Gasteiger charge is 2.25. The van der Waals surface area contributed by atoms with Crippen molar-refractivity contribution < 1.29 is 85.6 Å². The molecular weight excluding hydrogens is 1160 g/mol. The van der Waals surface area contributed by atoms with E-state index in [-0.39, 0.29) is 0 Å². The second-order valence-corrected chi connectivity index (χ2v) is 21.3. The second kappa shape index (κ2) is 21.5. The Morgan fingerprint density at radius 3 is 0.885 bits per heavy atom. The highest BCUT2D eigenvalue weighted by Crippen LogP contribution is 2.52.